The summed E-state index contributed by atoms with van der Waals surface area (Å²) in [5.41, 5.74) is 4.66. The summed E-state index contributed by atoms with van der Waals surface area (Å²) in [5, 5.41) is 8.31. The molecule has 2 aromatic heterocycles. The summed E-state index contributed by atoms with van der Waals surface area (Å²) >= 11 is 0. The molecule has 38 heavy (non-hydrogen) atoms. The number of aromatic nitrogens is 4. The standard InChI is InChI=1S/C30H31N5O3/c1-21(17-37-18-22-9-5-3-6-10-22)29-33-27-28(31)32-20-35(30(27)34-29)16-24-13-14-25(36-2)26(15-24)38-19-23-11-7-4-8-12-23/h3-15,20-21,31H,16-19H2,1-2H3,(H,33,34). The number of ether oxygens (including phenoxy) is 3. The molecule has 0 aliphatic heterocycles. The fraction of sp³-hybridized carbons (Fsp3) is 0.233. The number of methoxy groups -OCH3 is 1. The maximum Gasteiger partial charge on any atom is 0.173 e. The maximum absolute atomic E-state index is 8.31. The van der Waals surface area contributed by atoms with Gasteiger partial charge in [-0.05, 0) is 28.8 Å². The lowest BCUT2D eigenvalue weighted by atomic mass is 10.2. The Morgan fingerprint density at radius 2 is 1.61 bits per heavy atom. The fourth-order valence-corrected chi connectivity index (χ4v) is 4.22. The molecule has 0 radical (unpaired) electrons. The number of hydrogen-bond acceptors (Lipinski definition) is 6. The fourth-order valence-electron chi connectivity index (χ4n) is 4.22. The topological polar surface area (TPSA) is 98.0 Å². The Balaban J connectivity index is 1.33. The van der Waals surface area contributed by atoms with Gasteiger partial charge in [0.25, 0.3) is 0 Å². The van der Waals surface area contributed by atoms with Crippen LogP contribution in [0.5, 0.6) is 11.5 Å². The SMILES string of the molecule is COc1ccc(Cn2cnc(=N)c3[nH]c(C(C)COCc4ccccc4)nc32)cc1OCc1ccccc1. The minimum absolute atomic E-state index is 0.0259. The summed E-state index contributed by atoms with van der Waals surface area (Å²) in [6.45, 7) is 4.07. The molecule has 5 aromatic rings. The molecule has 0 fully saturated rings. The number of H-pyrrole nitrogens is 1. The van der Waals surface area contributed by atoms with E-state index in [2.05, 4.69) is 16.9 Å². The van der Waals surface area contributed by atoms with Gasteiger partial charge in [0.05, 0.1) is 33.2 Å². The second kappa shape index (κ2) is 11.7. The molecule has 0 amide bonds. The van der Waals surface area contributed by atoms with E-state index < -0.39 is 0 Å². The molecule has 0 saturated carbocycles. The van der Waals surface area contributed by atoms with Crippen LogP contribution in [0.2, 0.25) is 0 Å². The van der Waals surface area contributed by atoms with Gasteiger partial charge in [-0.2, -0.15) is 0 Å². The van der Waals surface area contributed by atoms with Crippen LogP contribution < -0.4 is 15.0 Å². The summed E-state index contributed by atoms with van der Waals surface area (Å²) in [5.74, 6) is 2.14. The van der Waals surface area contributed by atoms with Gasteiger partial charge in [-0.15, -0.1) is 0 Å². The number of fused-ring (bicyclic) bond motifs is 1. The molecule has 3 aromatic carbocycles. The third-order valence-corrected chi connectivity index (χ3v) is 6.30. The van der Waals surface area contributed by atoms with Gasteiger partial charge in [0.1, 0.15) is 17.9 Å². The van der Waals surface area contributed by atoms with Gasteiger partial charge in [-0.25, -0.2) is 9.97 Å². The summed E-state index contributed by atoms with van der Waals surface area (Å²) in [6.07, 6.45) is 1.65. The van der Waals surface area contributed by atoms with E-state index in [4.69, 9.17) is 24.6 Å². The van der Waals surface area contributed by atoms with Gasteiger partial charge >= 0.3 is 0 Å². The molecule has 2 heterocycles. The monoisotopic (exact) mass is 509 g/mol. The van der Waals surface area contributed by atoms with Gasteiger partial charge in [-0.3, -0.25) is 5.41 Å². The van der Waals surface area contributed by atoms with Crippen LogP contribution >= 0.6 is 0 Å². The molecule has 0 aliphatic rings. The lowest BCUT2D eigenvalue weighted by Gasteiger charge is -2.13. The van der Waals surface area contributed by atoms with E-state index >= 15 is 0 Å². The van der Waals surface area contributed by atoms with Gasteiger partial charge in [0, 0.05) is 5.92 Å². The van der Waals surface area contributed by atoms with Crippen molar-refractivity contribution in [1.82, 2.24) is 19.5 Å². The van der Waals surface area contributed by atoms with Crippen LogP contribution in [-0.2, 0) is 24.5 Å². The molecule has 8 nitrogen and oxygen atoms in total. The predicted octanol–water partition coefficient (Wildman–Crippen LogP) is 5.20. The van der Waals surface area contributed by atoms with Crippen LogP contribution in [-0.4, -0.2) is 33.2 Å². The quantitative estimate of drug-likeness (QED) is 0.255. The molecule has 0 aliphatic carbocycles. The highest BCUT2D eigenvalue weighted by molar-refractivity contribution is 5.69. The number of aromatic amines is 1. The summed E-state index contributed by atoms with van der Waals surface area (Å²) in [6, 6.07) is 26.0. The molecule has 0 bridgehead atoms. The highest BCUT2D eigenvalue weighted by Crippen LogP contribution is 2.29. The van der Waals surface area contributed by atoms with Crippen molar-refractivity contribution in [3.05, 3.63) is 113 Å². The van der Waals surface area contributed by atoms with E-state index in [0.29, 0.717) is 49.0 Å². The van der Waals surface area contributed by atoms with Crippen LogP contribution in [0.1, 0.15) is 35.4 Å². The van der Waals surface area contributed by atoms with Crippen molar-refractivity contribution in [3.63, 3.8) is 0 Å². The van der Waals surface area contributed by atoms with Crippen molar-refractivity contribution >= 4 is 11.2 Å². The van der Waals surface area contributed by atoms with E-state index in [9.17, 15) is 0 Å². The zero-order valence-electron chi connectivity index (χ0n) is 21.6. The third-order valence-electron chi connectivity index (χ3n) is 6.30. The Kier molecular flexibility index (Phi) is 7.80. The van der Waals surface area contributed by atoms with Crippen molar-refractivity contribution in [3.8, 4) is 11.5 Å². The summed E-state index contributed by atoms with van der Waals surface area (Å²) in [4.78, 5) is 12.4. The second-order valence-corrected chi connectivity index (χ2v) is 9.20. The molecule has 1 atom stereocenters. The highest BCUT2D eigenvalue weighted by Gasteiger charge is 2.15. The number of benzene rings is 3. The second-order valence-electron chi connectivity index (χ2n) is 9.20. The van der Waals surface area contributed by atoms with E-state index in [-0.39, 0.29) is 11.4 Å². The molecule has 8 heteroatoms. The Morgan fingerprint density at radius 3 is 2.32 bits per heavy atom. The average molecular weight is 510 g/mol. The van der Waals surface area contributed by atoms with Crippen LogP contribution in [0.4, 0.5) is 0 Å². The van der Waals surface area contributed by atoms with Gasteiger partial charge < -0.3 is 23.8 Å². The largest absolute Gasteiger partial charge is 0.493 e. The highest BCUT2D eigenvalue weighted by atomic mass is 16.5. The lowest BCUT2D eigenvalue weighted by Crippen LogP contribution is -2.13. The maximum atomic E-state index is 8.31. The van der Waals surface area contributed by atoms with Crippen molar-refractivity contribution in [2.75, 3.05) is 13.7 Å². The number of imidazole rings is 1. The number of rotatable bonds is 11. The van der Waals surface area contributed by atoms with Crippen molar-refractivity contribution in [2.24, 2.45) is 0 Å². The molecule has 1 unspecified atom stereocenters. The predicted molar refractivity (Wildman–Crippen MR) is 145 cm³/mol. The van der Waals surface area contributed by atoms with Gasteiger partial charge in [-0.1, -0.05) is 73.7 Å². The summed E-state index contributed by atoms with van der Waals surface area (Å²) < 4.78 is 19.5. The lowest BCUT2D eigenvalue weighted by molar-refractivity contribution is 0.109. The molecule has 194 valence electrons. The molecular formula is C30H31N5O3. The van der Waals surface area contributed by atoms with Crippen molar-refractivity contribution < 1.29 is 14.2 Å². The number of nitrogens with zero attached hydrogens (tertiary/aromatic N) is 3. The minimum atomic E-state index is 0.0259. The zero-order valence-corrected chi connectivity index (χ0v) is 21.6. The first-order valence-corrected chi connectivity index (χ1v) is 12.6. The van der Waals surface area contributed by atoms with E-state index in [0.717, 1.165) is 22.5 Å². The third kappa shape index (κ3) is 5.92. The van der Waals surface area contributed by atoms with Crippen LogP contribution in [0.25, 0.3) is 11.2 Å². The Hall–Kier alpha value is -4.43. The van der Waals surface area contributed by atoms with E-state index in [1.165, 1.54) is 0 Å². The molecular weight excluding hydrogens is 478 g/mol. The van der Waals surface area contributed by atoms with Crippen LogP contribution in [0.15, 0.2) is 85.2 Å². The average Bonchev–Trinajstić information content (AvgIpc) is 3.42. The molecule has 0 saturated heterocycles. The van der Waals surface area contributed by atoms with Gasteiger partial charge in [0.15, 0.2) is 22.6 Å². The number of hydrogen-bond donors (Lipinski definition) is 2. The smallest absolute Gasteiger partial charge is 0.173 e. The molecule has 2 N–H and O–H groups in total. The first kappa shape index (κ1) is 25.2. The van der Waals surface area contributed by atoms with Crippen LogP contribution in [0, 0.1) is 5.41 Å². The van der Waals surface area contributed by atoms with Crippen LogP contribution in [0.3, 0.4) is 0 Å². The van der Waals surface area contributed by atoms with E-state index in [1.54, 1.807) is 13.4 Å². The first-order chi connectivity index (χ1) is 18.6. The number of nitrogens with one attached hydrogen (secondary N) is 2. The van der Waals surface area contributed by atoms with Crippen molar-refractivity contribution in [2.45, 2.75) is 32.6 Å². The minimum Gasteiger partial charge on any atom is -0.493 e. The Bertz CT molecular complexity index is 1550. The van der Waals surface area contributed by atoms with E-state index in [1.807, 2.05) is 83.4 Å². The molecule has 0 spiro atoms. The molecule has 5 rings (SSSR count). The Labute approximate surface area is 221 Å². The summed E-state index contributed by atoms with van der Waals surface area (Å²) in [7, 11) is 1.63. The van der Waals surface area contributed by atoms with Crippen molar-refractivity contribution in [1.29, 1.82) is 5.41 Å². The Morgan fingerprint density at radius 1 is 0.895 bits per heavy atom. The first-order valence-electron chi connectivity index (χ1n) is 12.6. The van der Waals surface area contributed by atoms with Gasteiger partial charge in [0.2, 0.25) is 0 Å². The normalized spacial score (nSPS) is 11.9. The zero-order chi connectivity index (χ0) is 26.3.